The Morgan fingerprint density at radius 3 is 1.93 bits per heavy atom. The van der Waals surface area contributed by atoms with Crippen LogP contribution in [0.25, 0.3) is 6.08 Å². The third-order valence-electron chi connectivity index (χ3n) is 1.62. The van der Waals surface area contributed by atoms with E-state index in [1.54, 1.807) is 0 Å². The monoisotopic (exact) mass is 206 g/mol. The van der Waals surface area contributed by atoms with Gasteiger partial charge in [0.2, 0.25) is 0 Å². The average molecular weight is 206 g/mol. The predicted octanol–water partition coefficient (Wildman–Crippen LogP) is 3.40. The van der Waals surface area contributed by atoms with E-state index in [1.807, 2.05) is 6.08 Å². The summed E-state index contributed by atoms with van der Waals surface area (Å²) < 4.78 is 0. The van der Waals surface area contributed by atoms with Gasteiger partial charge in [-0.25, -0.2) is 0 Å². The Morgan fingerprint density at radius 1 is 1.27 bits per heavy atom. The Hall–Kier alpha value is -1.83. The van der Waals surface area contributed by atoms with E-state index in [4.69, 9.17) is 9.90 Å². The van der Waals surface area contributed by atoms with Crippen molar-refractivity contribution < 1.29 is 9.90 Å². The summed E-state index contributed by atoms with van der Waals surface area (Å²) in [6.07, 6.45) is 2.97. The molecule has 1 aromatic carbocycles. The van der Waals surface area contributed by atoms with Crippen molar-refractivity contribution in [1.82, 2.24) is 0 Å². The minimum atomic E-state index is -0.250. The van der Waals surface area contributed by atoms with Gasteiger partial charge in [-0.2, -0.15) is 0 Å². The topological polar surface area (TPSA) is 37.3 Å². The molecule has 0 saturated heterocycles. The van der Waals surface area contributed by atoms with E-state index < -0.39 is 0 Å². The number of benzene rings is 1. The van der Waals surface area contributed by atoms with Gasteiger partial charge in [0.25, 0.3) is 6.47 Å². The van der Waals surface area contributed by atoms with Gasteiger partial charge in [0, 0.05) is 0 Å². The first kappa shape index (κ1) is 15.6. The molecule has 0 spiro atoms. The lowest BCUT2D eigenvalue weighted by atomic mass is 10.1. The van der Waals surface area contributed by atoms with E-state index in [9.17, 15) is 0 Å². The summed E-state index contributed by atoms with van der Waals surface area (Å²) in [5, 5.41) is 6.89. The van der Waals surface area contributed by atoms with Gasteiger partial charge in [-0.1, -0.05) is 43.8 Å². The van der Waals surface area contributed by atoms with Crippen molar-refractivity contribution in [2.45, 2.75) is 13.3 Å². The zero-order valence-corrected chi connectivity index (χ0v) is 9.15. The van der Waals surface area contributed by atoms with Gasteiger partial charge in [0.05, 0.1) is 0 Å². The predicted molar refractivity (Wildman–Crippen MR) is 65.9 cm³/mol. The molecule has 1 rings (SSSR count). The summed E-state index contributed by atoms with van der Waals surface area (Å²) in [5.41, 5.74) is 2.57. The maximum Gasteiger partial charge on any atom is 0.290 e. The highest BCUT2D eigenvalue weighted by atomic mass is 16.3. The van der Waals surface area contributed by atoms with Gasteiger partial charge in [-0.3, -0.25) is 4.79 Å². The number of rotatable bonds is 2. The highest BCUT2D eigenvalue weighted by Gasteiger charge is 1.86. The molecule has 0 atom stereocenters. The number of carbonyl (C=O) groups is 1. The molecular formula is C13H18O2. The van der Waals surface area contributed by atoms with Crippen molar-refractivity contribution in [2.75, 3.05) is 0 Å². The largest absolute Gasteiger partial charge is 0.483 e. The van der Waals surface area contributed by atoms with Crippen LogP contribution < -0.4 is 0 Å². The first-order valence-electron chi connectivity index (χ1n) is 4.57. The van der Waals surface area contributed by atoms with E-state index in [1.165, 1.54) is 11.1 Å². The van der Waals surface area contributed by atoms with Crippen LogP contribution in [-0.4, -0.2) is 11.6 Å². The Morgan fingerprint density at radius 2 is 1.67 bits per heavy atom. The van der Waals surface area contributed by atoms with E-state index in [0.717, 1.165) is 6.42 Å². The van der Waals surface area contributed by atoms with Crippen molar-refractivity contribution in [3.8, 4) is 0 Å². The summed E-state index contributed by atoms with van der Waals surface area (Å²) in [4.78, 5) is 8.36. The Bertz CT molecular complexity index is 262. The molecule has 0 aliphatic heterocycles. The Kier molecular flexibility index (Phi) is 12.7. The molecule has 0 fully saturated rings. The molecule has 0 aromatic heterocycles. The van der Waals surface area contributed by atoms with Crippen LogP contribution in [0.5, 0.6) is 0 Å². The Labute approximate surface area is 91.6 Å². The smallest absolute Gasteiger partial charge is 0.290 e. The lowest BCUT2D eigenvalue weighted by Crippen LogP contribution is -1.78. The lowest BCUT2D eigenvalue weighted by molar-refractivity contribution is -0.122. The zero-order chi connectivity index (χ0) is 12.1. The fourth-order valence-electron chi connectivity index (χ4n) is 0.889. The molecule has 0 aliphatic rings. The van der Waals surface area contributed by atoms with E-state index in [-0.39, 0.29) is 6.47 Å². The third kappa shape index (κ3) is 8.50. The minimum Gasteiger partial charge on any atom is -0.483 e. The number of hydrogen-bond acceptors (Lipinski definition) is 1. The zero-order valence-electron chi connectivity index (χ0n) is 9.15. The highest BCUT2D eigenvalue weighted by Crippen LogP contribution is 2.05. The quantitative estimate of drug-likeness (QED) is 0.595. The van der Waals surface area contributed by atoms with Crippen molar-refractivity contribution in [3.05, 3.63) is 55.1 Å². The van der Waals surface area contributed by atoms with Crippen LogP contribution in [0.4, 0.5) is 0 Å². The molecule has 0 amide bonds. The number of aryl methyl sites for hydroxylation is 1. The second-order valence-corrected chi connectivity index (χ2v) is 2.40. The van der Waals surface area contributed by atoms with Crippen LogP contribution in [0.15, 0.2) is 44.0 Å². The molecule has 1 aromatic rings. The molecule has 0 heterocycles. The molecule has 0 bridgehead atoms. The van der Waals surface area contributed by atoms with Crippen molar-refractivity contribution in [2.24, 2.45) is 0 Å². The van der Waals surface area contributed by atoms with Crippen molar-refractivity contribution in [3.63, 3.8) is 0 Å². The summed E-state index contributed by atoms with van der Waals surface area (Å²) in [6.45, 7) is 11.6. The second-order valence-electron chi connectivity index (χ2n) is 2.40. The van der Waals surface area contributed by atoms with Crippen LogP contribution in [0.2, 0.25) is 0 Å². The molecule has 0 aliphatic carbocycles. The minimum absolute atomic E-state index is 0.250. The van der Waals surface area contributed by atoms with Crippen LogP contribution in [-0.2, 0) is 11.2 Å². The lowest BCUT2D eigenvalue weighted by Gasteiger charge is -1.95. The molecule has 0 radical (unpaired) electrons. The van der Waals surface area contributed by atoms with E-state index >= 15 is 0 Å². The van der Waals surface area contributed by atoms with Crippen molar-refractivity contribution >= 4 is 12.5 Å². The summed E-state index contributed by atoms with van der Waals surface area (Å²) in [6, 6.07) is 8.45. The third-order valence-corrected chi connectivity index (χ3v) is 1.62. The average Bonchev–Trinajstić information content (AvgIpc) is 2.33. The molecule has 2 nitrogen and oxygen atoms in total. The Balaban J connectivity index is 0. The maximum atomic E-state index is 8.36. The summed E-state index contributed by atoms with van der Waals surface area (Å²) >= 11 is 0. The molecule has 2 heteroatoms. The molecular weight excluding hydrogens is 188 g/mol. The molecule has 0 unspecified atom stereocenters. The molecule has 1 N–H and O–H groups in total. The first-order valence-corrected chi connectivity index (χ1v) is 4.57. The second kappa shape index (κ2) is 12.2. The summed E-state index contributed by atoms with van der Waals surface area (Å²) in [5.74, 6) is 0. The van der Waals surface area contributed by atoms with Gasteiger partial charge < -0.3 is 5.11 Å². The van der Waals surface area contributed by atoms with Crippen molar-refractivity contribution in [1.29, 1.82) is 0 Å². The first-order chi connectivity index (χ1) is 7.28. The number of carboxylic acid groups (broad SMARTS) is 1. The maximum absolute atomic E-state index is 8.36. The van der Waals surface area contributed by atoms with Gasteiger partial charge in [0.1, 0.15) is 0 Å². The number of hydrogen-bond donors (Lipinski definition) is 1. The van der Waals surface area contributed by atoms with Gasteiger partial charge in [-0.15, -0.1) is 13.2 Å². The SMILES string of the molecule is C=C.C=Cc1ccc(CC)cc1.O=CO. The van der Waals surface area contributed by atoms with Crippen LogP contribution in [0, 0.1) is 0 Å². The van der Waals surface area contributed by atoms with E-state index in [0.29, 0.717) is 0 Å². The molecule has 0 saturated carbocycles. The van der Waals surface area contributed by atoms with E-state index in [2.05, 4.69) is 50.9 Å². The normalized spacial score (nSPS) is 7.27. The molecule has 82 valence electrons. The fraction of sp³-hybridized carbons (Fsp3) is 0.154. The highest BCUT2D eigenvalue weighted by molar-refractivity contribution is 5.47. The van der Waals surface area contributed by atoms with Crippen LogP contribution in [0.3, 0.4) is 0 Å². The molecule has 15 heavy (non-hydrogen) atoms. The fourth-order valence-corrected chi connectivity index (χ4v) is 0.889. The van der Waals surface area contributed by atoms with Gasteiger partial charge in [0.15, 0.2) is 0 Å². The van der Waals surface area contributed by atoms with Gasteiger partial charge in [-0.05, 0) is 17.5 Å². The van der Waals surface area contributed by atoms with Gasteiger partial charge >= 0.3 is 0 Å². The van der Waals surface area contributed by atoms with Crippen LogP contribution in [0.1, 0.15) is 18.1 Å². The standard InChI is InChI=1S/C10H12.C2H4.CH2O2/c1-3-9-5-7-10(4-2)8-6-9;1-2;2-1-3/h3,5-8H,1,4H2,2H3;1-2H2;1H,(H,2,3). The van der Waals surface area contributed by atoms with Crippen LogP contribution >= 0.6 is 0 Å². The summed E-state index contributed by atoms with van der Waals surface area (Å²) in [7, 11) is 0.